The molecule has 4 rings (SSSR count). The molecule has 0 bridgehead atoms. The Morgan fingerprint density at radius 2 is 1.67 bits per heavy atom. The molecule has 8 nitrogen and oxygen atoms in total. The summed E-state index contributed by atoms with van der Waals surface area (Å²) in [6.07, 6.45) is 2.23. The molecule has 2 saturated heterocycles. The number of carbonyl (C=O) groups is 4. The van der Waals surface area contributed by atoms with Crippen LogP contribution in [0, 0.1) is 11.3 Å². The number of urea groups is 1. The molecular formula is C25H34N4O4. The van der Waals surface area contributed by atoms with E-state index in [2.05, 4.69) is 31.0 Å². The number of anilines is 1. The SMILES string of the molecule is CC(=O)c1ccc(N2CCN(C(=O)CN3C(=O)N[C@]4(C[C@@H](C)CC(C)(C)C4)C3=O)CC2)cc1. The van der Waals surface area contributed by atoms with E-state index in [1.807, 2.05) is 24.3 Å². The molecule has 3 fully saturated rings. The van der Waals surface area contributed by atoms with Crippen LogP contribution < -0.4 is 10.2 Å². The topological polar surface area (TPSA) is 90.0 Å². The average molecular weight is 455 g/mol. The number of benzene rings is 1. The molecule has 2 aliphatic heterocycles. The first kappa shape index (κ1) is 23.3. The van der Waals surface area contributed by atoms with Crippen molar-refractivity contribution in [3.63, 3.8) is 0 Å². The number of piperazine rings is 1. The minimum Gasteiger partial charge on any atom is -0.368 e. The van der Waals surface area contributed by atoms with E-state index in [0.717, 1.165) is 17.0 Å². The summed E-state index contributed by atoms with van der Waals surface area (Å²) in [5.41, 5.74) is 0.759. The third-order valence-corrected chi connectivity index (χ3v) is 7.19. The number of hydrogen-bond donors (Lipinski definition) is 1. The van der Waals surface area contributed by atoms with Gasteiger partial charge in [-0.05, 0) is 61.8 Å². The summed E-state index contributed by atoms with van der Waals surface area (Å²) in [7, 11) is 0. The van der Waals surface area contributed by atoms with E-state index in [1.165, 1.54) is 0 Å². The molecule has 3 aliphatic rings. The molecule has 1 aliphatic carbocycles. The van der Waals surface area contributed by atoms with E-state index in [0.29, 0.717) is 50.5 Å². The van der Waals surface area contributed by atoms with Crippen LogP contribution in [-0.4, -0.2) is 71.7 Å². The van der Waals surface area contributed by atoms with E-state index >= 15 is 0 Å². The second kappa shape index (κ2) is 8.47. The Morgan fingerprint density at radius 1 is 1.03 bits per heavy atom. The Morgan fingerprint density at radius 3 is 2.24 bits per heavy atom. The van der Waals surface area contributed by atoms with Crippen molar-refractivity contribution in [2.75, 3.05) is 37.6 Å². The molecule has 1 N–H and O–H groups in total. The summed E-state index contributed by atoms with van der Waals surface area (Å²) in [4.78, 5) is 55.4. The van der Waals surface area contributed by atoms with E-state index < -0.39 is 11.6 Å². The zero-order valence-electron chi connectivity index (χ0n) is 20.0. The first-order valence-corrected chi connectivity index (χ1v) is 11.8. The van der Waals surface area contributed by atoms with Crippen molar-refractivity contribution in [1.82, 2.24) is 15.1 Å². The molecular weight excluding hydrogens is 420 g/mol. The molecule has 0 radical (unpaired) electrons. The molecule has 2 heterocycles. The largest absolute Gasteiger partial charge is 0.368 e. The van der Waals surface area contributed by atoms with Crippen LogP contribution in [0.3, 0.4) is 0 Å². The lowest BCUT2D eigenvalue weighted by Crippen LogP contribution is -2.55. The van der Waals surface area contributed by atoms with Crippen LogP contribution in [0.4, 0.5) is 10.5 Å². The first-order chi connectivity index (χ1) is 15.5. The Balaban J connectivity index is 1.36. The van der Waals surface area contributed by atoms with Gasteiger partial charge in [-0.25, -0.2) is 4.79 Å². The maximum atomic E-state index is 13.3. The lowest BCUT2D eigenvalue weighted by Gasteiger charge is -2.43. The van der Waals surface area contributed by atoms with Crippen LogP contribution in [0.2, 0.25) is 0 Å². The molecule has 1 aromatic carbocycles. The van der Waals surface area contributed by atoms with Crippen LogP contribution in [-0.2, 0) is 9.59 Å². The van der Waals surface area contributed by atoms with Crippen molar-refractivity contribution in [2.24, 2.45) is 11.3 Å². The molecule has 2 atom stereocenters. The predicted molar refractivity (Wildman–Crippen MR) is 125 cm³/mol. The molecule has 178 valence electrons. The normalized spacial score (nSPS) is 27.2. The minimum absolute atomic E-state index is 0.0329. The van der Waals surface area contributed by atoms with Crippen LogP contribution in [0.15, 0.2) is 24.3 Å². The molecule has 1 aromatic rings. The quantitative estimate of drug-likeness (QED) is 0.558. The van der Waals surface area contributed by atoms with Crippen LogP contribution in [0.1, 0.15) is 57.3 Å². The van der Waals surface area contributed by atoms with Gasteiger partial charge in [0.25, 0.3) is 5.91 Å². The van der Waals surface area contributed by atoms with Crippen molar-refractivity contribution < 1.29 is 19.2 Å². The highest BCUT2D eigenvalue weighted by Gasteiger charge is 2.56. The molecule has 8 heteroatoms. The smallest absolute Gasteiger partial charge is 0.325 e. The monoisotopic (exact) mass is 454 g/mol. The Labute approximate surface area is 195 Å². The van der Waals surface area contributed by atoms with Gasteiger partial charge in [-0.3, -0.25) is 19.3 Å². The van der Waals surface area contributed by atoms with E-state index in [4.69, 9.17) is 0 Å². The second-order valence-corrected chi connectivity index (χ2v) is 10.7. The Hall–Kier alpha value is -2.90. The van der Waals surface area contributed by atoms with Gasteiger partial charge in [0, 0.05) is 37.4 Å². The molecule has 4 amide bonds. The van der Waals surface area contributed by atoms with Crippen molar-refractivity contribution in [3.8, 4) is 0 Å². The maximum Gasteiger partial charge on any atom is 0.325 e. The van der Waals surface area contributed by atoms with E-state index in [1.54, 1.807) is 11.8 Å². The van der Waals surface area contributed by atoms with Gasteiger partial charge in [-0.1, -0.05) is 20.8 Å². The summed E-state index contributed by atoms with van der Waals surface area (Å²) < 4.78 is 0. The maximum absolute atomic E-state index is 13.3. The number of carbonyl (C=O) groups excluding carboxylic acids is 4. The standard InChI is InChI=1S/C25H34N4O4/c1-17-13-24(3,4)16-25(14-17)22(32)29(23(33)26-25)15-21(31)28-11-9-27(10-12-28)20-7-5-19(6-8-20)18(2)30/h5-8,17H,9-16H2,1-4H3,(H,26,33)/t17-,25-/m0/s1. The summed E-state index contributed by atoms with van der Waals surface area (Å²) in [5.74, 6) is -0.105. The highest BCUT2D eigenvalue weighted by molar-refractivity contribution is 6.09. The number of rotatable bonds is 4. The first-order valence-electron chi connectivity index (χ1n) is 11.8. The number of ketones is 1. The van der Waals surface area contributed by atoms with Crippen molar-refractivity contribution >= 4 is 29.3 Å². The number of hydrogen-bond acceptors (Lipinski definition) is 5. The summed E-state index contributed by atoms with van der Waals surface area (Å²) in [5, 5.41) is 2.94. The lowest BCUT2D eigenvalue weighted by molar-refractivity contribution is -0.140. The van der Waals surface area contributed by atoms with Crippen LogP contribution in [0.25, 0.3) is 0 Å². The van der Waals surface area contributed by atoms with Gasteiger partial charge < -0.3 is 15.1 Å². The number of imide groups is 1. The Kier molecular flexibility index (Phi) is 5.97. The third kappa shape index (κ3) is 4.61. The van der Waals surface area contributed by atoms with Gasteiger partial charge in [-0.15, -0.1) is 0 Å². The zero-order chi connectivity index (χ0) is 24.0. The predicted octanol–water partition coefficient (Wildman–Crippen LogP) is 2.67. The fourth-order valence-corrected chi connectivity index (χ4v) is 6.01. The highest BCUT2D eigenvalue weighted by Crippen LogP contribution is 2.46. The van der Waals surface area contributed by atoms with E-state index in [-0.39, 0.29) is 29.6 Å². The Bertz CT molecular complexity index is 965. The lowest BCUT2D eigenvalue weighted by atomic mass is 9.64. The van der Waals surface area contributed by atoms with Crippen molar-refractivity contribution in [1.29, 1.82) is 0 Å². The highest BCUT2D eigenvalue weighted by atomic mass is 16.2. The molecule has 0 unspecified atom stereocenters. The molecule has 0 aromatic heterocycles. The van der Waals surface area contributed by atoms with Gasteiger partial charge >= 0.3 is 6.03 Å². The average Bonchev–Trinajstić information content (AvgIpc) is 2.95. The van der Waals surface area contributed by atoms with Crippen LogP contribution >= 0.6 is 0 Å². The number of nitrogens with one attached hydrogen (secondary N) is 1. The fraction of sp³-hybridized carbons (Fsp3) is 0.600. The van der Waals surface area contributed by atoms with Gasteiger partial charge in [0.15, 0.2) is 5.78 Å². The van der Waals surface area contributed by atoms with Gasteiger partial charge in [0.1, 0.15) is 12.1 Å². The number of amides is 4. The number of nitrogens with zero attached hydrogens (tertiary/aromatic N) is 3. The second-order valence-electron chi connectivity index (χ2n) is 10.7. The van der Waals surface area contributed by atoms with E-state index in [9.17, 15) is 19.2 Å². The minimum atomic E-state index is -0.886. The van der Waals surface area contributed by atoms with Crippen molar-refractivity contribution in [3.05, 3.63) is 29.8 Å². The molecule has 33 heavy (non-hydrogen) atoms. The van der Waals surface area contributed by atoms with Crippen LogP contribution in [0.5, 0.6) is 0 Å². The summed E-state index contributed by atoms with van der Waals surface area (Å²) >= 11 is 0. The van der Waals surface area contributed by atoms with Crippen molar-refractivity contribution in [2.45, 2.75) is 52.5 Å². The number of Topliss-reactive ketones (excluding diaryl/α,β-unsaturated/α-hetero) is 1. The zero-order valence-corrected chi connectivity index (χ0v) is 20.0. The molecule has 1 saturated carbocycles. The van der Waals surface area contributed by atoms with Gasteiger partial charge in [-0.2, -0.15) is 0 Å². The summed E-state index contributed by atoms with van der Waals surface area (Å²) in [6, 6.07) is 7.02. The third-order valence-electron chi connectivity index (χ3n) is 7.19. The fourth-order valence-electron chi connectivity index (χ4n) is 6.01. The van der Waals surface area contributed by atoms with Gasteiger partial charge in [0.2, 0.25) is 5.91 Å². The summed E-state index contributed by atoms with van der Waals surface area (Å²) in [6.45, 7) is 10.1. The molecule has 1 spiro atoms. The van der Waals surface area contributed by atoms with Gasteiger partial charge in [0.05, 0.1) is 0 Å².